The Kier molecular flexibility index (Phi) is 7.83. The summed E-state index contributed by atoms with van der Waals surface area (Å²) in [5, 5.41) is 16.5. The number of carbonyl (C=O) groups excluding carboxylic acids is 1. The van der Waals surface area contributed by atoms with Crippen molar-refractivity contribution in [2.45, 2.75) is 63.4 Å². The number of aromatic nitrogens is 4. The minimum atomic E-state index is -4.22. The number of rotatable bonds is 11. The SMILES string of the molecule is COC(=O)[C@@H](C)NP(=O)(OC[C@H]1O[C@@H](n2cnc3c(NC4CC4)nc(C)nc32)[C@@H](F)[C@@H]1O)Oc1ccccc1. The number of ether oxygens (including phenoxy) is 2. The van der Waals surface area contributed by atoms with E-state index in [-0.39, 0.29) is 5.75 Å². The number of aliphatic hydroxyl groups excluding tert-OH is 1. The number of fused-ring (bicyclic) bond motifs is 1. The second-order valence-corrected chi connectivity index (χ2v) is 11.1. The number of methoxy groups -OCH3 is 1. The fourth-order valence-corrected chi connectivity index (χ4v) is 5.65. The lowest BCUT2D eigenvalue weighted by Crippen LogP contribution is -2.36. The molecule has 0 bridgehead atoms. The number of aliphatic hydroxyl groups is 1. The molecule has 3 N–H and O–H groups in total. The molecule has 1 saturated heterocycles. The minimum Gasteiger partial charge on any atom is -0.468 e. The normalized spacial score (nSPS) is 25.3. The average molecular weight is 565 g/mol. The van der Waals surface area contributed by atoms with Crippen LogP contribution >= 0.6 is 7.75 Å². The van der Waals surface area contributed by atoms with Gasteiger partial charge in [-0.15, -0.1) is 0 Å². The molecule has 13 nitrogen and oxygen atoms in total. The summed E-state index contributed by atoms with van der Waals surface area (Å²) in [4.78, 5) is 25.1. The fraction of sp³-hybridized carbons (Fsp3) is 0.500. The number of nitrogens with zero attached hydrogens (tertiary/aromatic N) is 4. The van der Waals surface area contributed by atoms with Crippen LogP contribution in [0.25, 0.3) is 11.2 Å². The summed E-state index contributed by atoms with van der Waals surface area (Å²) in [6.07, 6.45) is -2.56. The highest BCUT2D eigenvalue weighted by Crippen LogP contribution is 2.46. The first-order valence-electron chi connectivity index (χ1n) is 12.5. The number of para-hydroxylation sites is 1. The van der Waals surface area contributed by atoms with Crippen molar-refractivity contribution in [1.82, 2.24) is 24.6 Å². The van der Waals surface area contributed by atoms with Gasteiger partial charge in [0.15, 0.2) is 29.4 Å². The van der Waals surface area contributed by atoms with E-state index in [4.69, 9.17) is 13.8 Å². The first-order valence-corrected chi connectivity index (χ1v) is 14.0. The van der Waals surface area contributed by atoms with Crippen molar-refractivity contribution >= 4 is 30.7 Å². The van der Waals surface area contributed by atoms with Gasteiger partial charge in [0.1, 0.15) is 29.8 Å². The monoisotopic (exact) mass is 564 g/mol. The van der Waals surface area contributed by atoms with Crippen molar-refractivity contribution in [2.75, 3.05) is 19.0 Å². The summed E-state index contributed by atoms with van der Waals surface area (Å²) >= 11 is 0. The van der Waals surface area contributed by atoms with Crippen molar-refractivity contribution in [3.63, 3.8) is 0 Å². The number of imidazole rings is 1. The summed E-state index contributed by atoms with van der Waals surface area (Å²) in [7, 11) is -3.03. The molecule has 2 aliphatic rings. The molecule has 0 amide bonds. The van der Waals surface area contributed by atoms with Crippen LogP contribution in [0.1, 0.15) is 31.8 Å². The van der Waals surface area contributed by atoms with E-state index in [0.29, 0.717) is 28.8 Å². The number of aryl methyl sites for hydroxylation is 1. The molecule has 39 heavy (non-hydrogen) atoms. The fourth-order valence-electron chi connectivity index (χ4n) is 4.15. The first-order chi connectivity index (χ1) is 18.7. The summed E-state index contributed by atoms with van der Waals surface area (Å²) in [6, 6.07) is 7.43. The second-order valence-electron chi connectivity index (χ2n) is 9.43. The summed E-state index contributed by atoms with van der Waals surface area (Å²) in [6.45, 7) is 2.62. The Labute approximate surface area is 223 Å². The van der Waals surface area contributed by atoms with Crippen molar-refractivity contribution in [2.24, 2.45) is 0 Å². The van der Waals surface area contributed by atoms with Crippen LogP contribution in [0.15, 0.2) is 36.7 Å². The van der Waals surface area contributed by atoms with E-state index >= 15 is 4.39 Å². The maximum atomic E-state index is 15.4. The predicted octanol–water partition coefficient (Wildman–Crippen LogP) is 2.66. The van der Waals surface area contributed by atoms with Crippen molar-refractivity contribution in [3.05, 3.63) is 42.5 Å². The Balaban J connectivity index is 1.33. The summed E-state index contributed by atoms with van der Waals surface area (Å²) in [5.41, 5.74) is 0.804. The number of hydrogen-bond acceptors (Lipinski definition) is 11. The van der Waals surface area contributed by atoms with Gasteiger partial charge in [-0.2, -0.15) is 5.09 Å². The maximum Gasteiger partial charge on any atom is 0.459 e. The van der Waals surface area contributed by atoms with Gasteiger partial charge in [-0.25, -0.2) is 23.9 Å². The Morgan fingerprint density at radius 1 is 1.31 bits per heavy atom. The molecule has 1 saturated carbocycles. The molecular formula is C24H30FN6O7P. The zero-order chi connectivity index (χ0) is 27.7. The van der Waals surface area contributed by atoms with Gasteiger partial charge in [-0.05, 0) is 38.8 Å². The van der Waals surface area contributed by atoms with Crippen LogP contribution < -0.4 is 14.9 Å². The van der Waals surface area contributed by atoms with Crippen LogP contribution in [0, 0.1) is 6.92 Å². The average Bonchev–Trinajstić information content (AvgIpc) is 3.56. The van der Waals surface area contributed by atoms with Gasteiger partial charge >= 0.3 is 13.7 Å². The molecular weight excluding hydrogens is 534 g/mol. The third-order valence-corrected chi connectivity index (χ3v) is 7.95. The molecule has 3 aromatic rings. The lowest BCUT2D eigenvalue weighted by atomic mass is 10.1. The molecule has 0 spiro atoms. The number of nitrogens with one attached hydrogen (secondary N) is 2. The topological polar surface area (TPSA) is 159 Å². The highest BCUT2D eigenvalue weighted by molar-refractivity contribution is 7.52. The lowest BCUT2D eigenvalue weighted by Gasteiger charge is -2.24. The van der Waals surface area contributed by atoms with E-state index in [1.807, 2.05) is 0 Å². The molecule has 0 radical (unpaired) electrons. The highest BCUT2D eigenvalue weighted by atomic mass is 31.2. The molecule has 3 heterocycles. The Morgan fingerprint density at radius 3 is 2.74 bits per heavy atom. The molecule has 1 aliphatic heterocycles. The second kappa shape index (κ2) is 11.1. The molecule has 15 heteroatoms. The van der Waals surface area contributed by atoms with E-state index in [1.54, 1.807) is 37.3 Å². The zero-order valence-electron chi connectivity index (χ0n) is 21.6. The van der Waals surface area contributed by atoms with Crippen LogP contribution in [0.4, 0.5) is 10.2 Å². The van der Waals surface area contributed by atoms with Crippen LogP contribution in [-0.2, 0) is 23.4 Å². The molecule has 2 fully saturated rings. The number of benzene rings is 1. The number of halogens is 1. The number of hydrogen-bond donors (Lipinski definition) is 3. The van der Waals surface area contributed by atoms with Crippen LogP contribution in [-0.4, -0.2) is 74.8 Å². The maximum absolute atomic E-state index is 15.4. The number of alkyl halides is 1. The van der Waals surface area contributed by atoms with Gasteiger partial charge < -0.3 is 24.4 Å². The Bertz CT molecular complexity index is 1370. The van der Waals surface area contributed by atoms with E-state index in [1.165, 1.54) is 24.9 Å². The molecule has 2 aromatic heterocycles. The van der Waals surface area contributed by atoms with Crippen molar-refractivity contribution in [3.8, 4) is 5.75 Å². The van der Waals surface area contributed by atoms with Gasteiger partial charge in [0, 0.05) is 6.04 Å². The molecule has 210 valence electrons. The van der Waals surface area contributed by atoms with Crippen molar-refractivity contribution < 1.29 is 37.4 Å². The summed E-state index contributed by atoms with van der Waals surface area (Å²) in [5.74, 6) is 0.523. The van der Waals surface area contributed by atoms with Crippen LogP contribution in [0.5, 0.6) is 5.75 Å². The summed E-state index contributed by atoms with van der Waals surface area (Å²) < 4.78 is 51.9. The Morgan fingerprint density at radius 2 is 2.05 bits per heavy atom. The zero-order valence-corrected chi connectivity index (χ0v) is 22.5. The molecule has 1 aliphatic carbocycles. The lowest BCUT2D eigenvalue weighted by molar-refractivity contribution is -0.142. The highest BCUT2D eigenvalue weighted by Gasteiger charge is 2.47. The van der Waals surface area contributed by atoms with E-state index in [0.717, 1.165) is 12.8 Å². The van der Waals surface area contributed by atoms with E-state index < -0.39 is 51.0 Å². The van der Waals surface area contributed by atoms with Crippen molar-refractivity contribution in [1.29, 1.82) is 0 Å². The van der Waals surface area contributed by atoms with Gasteiger partial charge in [-0.1, -0.05) is 18.2 Å². The third kappa shape index (κ3) is 6.04. The quantitative estimate of drug-likeness (QED) is 0.231. The molecule has 6 atom stereocenters. The van der Waals surface area contributed by atoms with Crippen LogP contribution in [0.2, 0.25) is 0 Å². The molecule has 5 rings (SSSR count). The first kappa shape index (κ1) is 27.4. The van der Waals surface area contributed by atoms with Gasteiger partial charge in [0.05, 0.1) is 20.0 Å². The smallest absolute Gasteiger partial charge is 0.459 e. The van der Waals surface area contributed by atoms with E-state index in [9.17, 15) is 14.5 Å². The number of esters is 1. The third-order valence-electron chi connectivity index (χ3n) is 6.30. The number of anilines is 1. The Hall–Kier alpha value is -3.16. The van der Waals surface area contributed by atoms with Crippen LogP contribution in [0.3, 0.4) is 0 Å². The van der Waals surface area contributed by atoms with Gasteiger partial charge in [0.2, 0.25) is 0 Å². The minimum absolute atomic E-state index is 0.204. The molecule has 1 aromatic carbocycles. The number of carbonyl (C=O) groups is 1. The molecule has 1 unspecified atom stereocenters. The van der Waals surface area contributed by atoms with Gasteiger partial charge in [-0.3, -0.25) is 13.9 Å². The van der Waals surface area contributed by atoms with Gasteiger partial charge in [0.25, 0.3) is 0 Å². The largest absolute Gasteiger partial charge is 0.468 e. The standard InChI is InChI=1S/C24H30FN6O7P/c1-13(24(33)35-3)30-39(34,38-16-7-5-4-6-8-16)36-11-17-20(32)18(25)23(37-17)31-12-26-19-21(29-15-9-10-15)27-14(2)28-22(19)31/h4-8,12-13,15,17-18,20,23,32H,9-11H2,1-3H3,(H,30,34)(H,27,28,29)/t13-,17-,18+,20-,23-,39?/m1/s1. The van der Waals surface area contributed by atoms with E-state index in [2.05, 4.69) is 30.1 Å². The predicted molar refractivity (Wildman–Crippen MR) is 137 cm³/mol.